The molecular formula is C13H21N5O2. The molecule has 0 spiro atoms. The number of nitrogens with zero attached hydrogens (tertiary/aromatic N) is 5. The Morgan fingerprint density at radius 1 is 1.35 bits per heavy atom. The number of aromatic nitrogens is 2. The van der Waals surface area contributed by atoms with E-state index in [2.05, 4.69) is 14.9 Å². The predicted molar refractivity (Wildman–Crippen MR) is 77.2 cm³/mol. The van der Waals surface area contributed by atoms with Crippen molar-refractivity contribution in [2.24, 2.45) is 0 Å². The molecule has 2 heterocycles. The van der Waals surface area contributed by atoms with E-state index in [1.165, 1.54) is 0 Å². The van der Waals surface area contributed by atoms with E-state index in [0.29, 0.717) is 5.95 Å². The largest absolute Gasteiger partial charge is 0.480 e. The highest BCUT2D eigenvalue weighted by atomic mass is 16.4. The zero-order valence-electron chi connectivity index (χ0n) is 12.2. The van der Waals surface area contributed by atoms with Crippen molar-refractivity contribution in [3.63, 3.8) is 0 Å². The van der Waals surface area contributed by atoms with Crippen molar-refractivity contribution in [2.75, 3.05) is 50.1 Å². The lowest BCUT2D eigenvalue weighted by Gasteiger charge is -2.37. The number of carboxylic acids is 1. The van der Waals surface area contributed by atoms with Crippen LogP contribution in [-0.2, 0) is 4.79 Å². The van der Waals surface area contributed by atoms with Crippen LogP contribution in [0.3, 0.4) is 0 Å². The fourth-order valence-electron chi connectivity index (χ4n) is 2.23. The normalized spacial score (nSPS) is 17.9. The van der Waals surface area contributed by atoms with Gasteiger partial charge in [-0.3, -0.25) is 9.69 Å². The van der Waals surface area contributed by atoms with Crippen molar-refractivity contribution < 1.29 is 9.90 Å². The summed E-state index contributed by atoms with van der Waals surface area (Å²) in [6.45, 7) is 4.75. The first-order valence-electron chi connectivity index (χ1n) is 6.71. The van der Waals surface area contributed by atoms with Gasteiger partial charge in [0.25, 0.3) is 0 Å². The fourth-order valence-corrected chi connectivity index (χ4v) is 2.23. The molecule has 0 aromatic carbocycles. The molecule has 1 aliphatic rings. The van der Waals surface area contributed by atoms with E-state index in [4.69, 9.17) is 5.11 Å². The summed E-state index contributed by atoms with van der Waals surface area (Å²) in [6, 6.07) is 1.46. The van der Waals surface area contributed by atoms with Crippen LogP contribution in [0.4, 0.5) is 11.8 Å². The minimum Gasteiger partial charge on any atom is -0.480 e. The first-order chi connectivity index (χ1) is 9.49. The first-order valence-corrected chi connectivity index (χ1v) is 6.71. The van der Waals surface area contributed by atoms with Crippen LogP contribution in [0, 0.1) is 0 Å². The summed E-state index contributed by atoms with van der Waals surface area (Å²) >= 11 is 0. The Kier molecular flexibility index (Phi) is 4.39. The fraction of sp³-hybridized carbons (Fsp3) is 0.615. The van der Waals surface area contributed by atoms with Gasteiger partial charge in [0.15, 0.2) is 0 Å². The van der Waals surface area contributed by atoms with Gasteiger partial charge in [-0.2, -0.15) is 4.98 Å². The third-order valence-corrected chi connectivity index (χ3v) is 3.57. The summed E-state index contributed by atoms with van der Waals surface area (Å²) in [4.78, 5) is 25.7. The van der Waals surface area contributed by atoms with Crippen molar-refractivity contribution >= 4 is 17.7 Å². The molecule has 7 heteroatoms. The average molecular weight is 279 g/mol. The highest BCUT2D eigenvalue weighted by Crippen LogP contribution is 2.16. The van der Waals surface area contributed by atoms with E-state index in [-0.39, 0.29) is 0 Å². The van der Waals surface area contributed by atoms with Crippen molar-refractivity contribution in [3.8, 4) is 0 Å². The number of rotatable bonds is 4. The molecule has 0 radical (unpaired) electrons. The van der Waals surface area contributed by atoms with E-state index in [0.717, 1.165) is 32.0 Å². The van der Waals surface area contributed by atoms with Crippen LogP contribution < -0.4 is 9.80 Å². The molecule has 0 aliphatic carbocycles. The molecule has 7 nitrogen and oxygen atoms in total. The molecule has 1 aromatic heterocycles. The number of aliphatic carboxylic acids is 1. The summed E-state index contributed by atoms with van der Waals surface area (Å²) < 4.78 is 0. The molecule has 1 atom stereocenters. The lowest BCUT2D eigenvalue weighted by atomic mass is 10.2. The minimum atomic E-state index is -0.768. The lowest BCUT2D eigenvalue weighted by molar-refractivity contribution is -0.142. The smallest absolute Gasteiger partial charge is 0.320 e. The Morgan fingerprint density at radius 3 is 2.55 bits per heavy atom. The van der Waals surface area contributed by atoms with Crippen molar-refractivity contribution in [1.29, 1.82) is 0 Å². The van der Waals surface area contributed by atoms with E-state index in [9.17, 15) is 4.79 Å². The van der Waals surface area contributed by atoms with Gasteiger partial charge in [0.05, 0.1) is 0 Å². The molecule has 110 valence electrons. The molecule has 1 saturated heterocycles. The Hall–Kier alpha value is -1.89. The quantitative estimate of drug-likeness (QED) is 0.840. The SMILES string of the molecule is C[C@H](C(=O)O)N1CCN(c2ccnc(N(C)C)n2)CC1. The zero-order chi connectivity index (χ0) is 14.7. The predicted octanol–water partition coefficient (Wildman–Crippen LogP) is 0.138. The monoisotopic (exact) mass is 279 g/mol. The summed E-state index contributed by atoms with van der Waals surface area (Å²) in [7, 11) is 3.82. The van der Waals surface area contributed by atoms with Gasteiger partial charge >= 0.3 is 5.97 Å². The Balaban J connectivity index is 2.00. The van der Waals surface area contributed by atoms with E-state index >= 15 is 0 Å². The van der Waals surface area contributed by atoms with Crippen LogP contribution in [0.5, 0.6) is 0 Å². The molecule has 0 bridgehead atoms. The van der Waals surface area contributed by atoms with Gasteiger partial charge in [0.1, 0.15) is 11.9 Å². The number of hydrogen-bond donors (Lipinski definition) is 1. The minimum absolute atomic E-state index is 0.431. The van der Waals surface area contributed by atoms with Gasteiger partial charge in [0.2, 0.25) is 5.95 Å². The standard InChI is InChI=1S/C13H21N5O2/c1-10(12(19)20)17-6-8-18(9-7-17)11-4-5-14-13(15-11)16(2)3/h4-5,10H,6-9H2,1-3H3,(H,19,20)/t10-/m1/s1. The summed E-state index contributed by atoms with van der Waals surface area (Å²) in [6.07, 6.45) is 1.75. The first kappa shape index (κ1) is 14.5. The van der Waals surface area contributed by atoms with Crippen LogP contribution in [0.2, 0.25) is 0 Å². The molecule has 1 N–H and O–H groups in total. The molecule has 20 heavy (non-hydrogen) atoms. The van der Waals surface area contributed by atoms with E-state index in [1.54, 1.807) is 13.1 Å². The molecule has 0 saturated carbocycles. The van der Waals surface area contributed by atoms with Gasteiger partial charge in [0, 0.05) is 46.5 Å². The van der Waals surface area contributed by atoms with Gasteiger partial charge in [-0.1, -0.05) is 0 Å². The molecule has 0 amide bonds. The van der Waals surface area contributed by atoms with Crippen molar-refractivity contribution in [3.05, 3.63) is 12.3 Å². The van der Waals surface area contributed by atoms with Gasteiger partial charge in [-0.25, -0.2) is 4.98 Å². The summed E-state index contributed by atoms with van der Waals surface area (Å²) in [5.41, 5.74) is 0. The Labute approximate surface area is 118 Å². The summed E-state index contributed by atoms with van der Waals surface area (Å²) in [5.74, 6) is 0.811. The number of hydrogen-bond acceptors (Lipinski definition) is 6. The molecular weight excluding hydrogens is 258 g/mol. The number of piperazine rings is 1. The lowest BCUT2D eigenvalue weighted by Crippen LogP contribution is -2.52. The number of anilines is 2. The van der Waals surface area contributed by atoms with Crippen LogP contribution in [0.25, 0.3) is 0 Å². The number of carboxylic acid groups (broad SMARTS) is 1. The maximum atomic E-state index is 11.0. The molecule has 1 aliphatic heterocycles. The average Bonchev–Trinajstić information content (AvgIpc) is 2.46. The van der Waals surface area contributed by atoms with Crippen LogP contribution in [0.1, 0.15) is 6.92 Å². The van der Waals surface area contributed by atoms with Crippen LogP contribution in [-0.4, -0.2) is 72.3 Å². The van der Waals surface area contributed by atoms with Gasteiger partial charge in [-0.15, -0.1) is 0 Å². The molecule has 0 unspecified atom stereocenters. The summed E-state index contributed by atoms with van der Waals surface area (Å²) in [5, 5.41) is 9.03. The van der Waals surface area contributed by atoms with Crippen molar-refractivity contribution in [1.82, 2.24) is 14.9 Å². The molecule has 2 rings (SSSR count). The number of carbonyl (C=O) groups is 1. The van der Waals surface area contributed by atoms with E-state index < -0.39 is 12.0 Å². The van der Waals surface area contributed by atoms with Gasteiger partial charge in [-0.05, 0) is 13.0 Å². The third kappa shape index (κ3) is 3.16. The third-order valence-electron chi connectivity index (χ3n) is 3.57. The second kappa shape index (κ2) is 6.04. The highest BCUT2D eigenvalue weighted by molar-refractivity contribution is 5.72. The van der Waals surface area contributed by atoms with E-state index in [1.807, 2.05) is 30.0 Å². The zero-order valence-corrected chi connectivity index (χ0v) is 12.2. The Bertz CT molecular complexity index is 472. The highest BCUT2D eigenvalue weighted by Gasteiger charge is 2.25. The topological polar surface area (TPSA) is 72.8 Å². The molecule has 1 aromatic rings. The van der Waals surface area contributed by atoms with Crippen LogP contribution >= 0.6 is 0 Å². The maximum absolute atomic E-state index is 11.0. The van der Waals surface area contributed by atoms with Gasteiger partial charge < -0.3 is 14.9 Å². The second-order valence-electron chi connectivity index (χ2n) is 5.15. The van der Waals surface area contributed by atoms with Crippen molar-refractivity contribution in [2.45, 2.75) is 13.0 Å². The van der Waals surface area contributed by atoms with Crippen LogP contribution in [0.15, 0.2) is 12.3 Å². The Morgan fingerprint density at radius 2 is 2.00 bits per heavy atom. The second-order valence-corrected chi connectivity index (χ2v) is 5.15. The molecule has 1 fully saturated rings. The maximum Gasteiger partial charge on any atom is 0.320 e.